The maximum Gasteiger partial charge on any atom is 0.410 e. The average molecular weight is 778 g/mol. The van der Waals surface area contributed by atoms with Gasteiger partial charge in [0.25, 0.3) is 0 Å². The number of fused-ring (bicyclic) bond motifs is 1. The molecule has 0 saturated carbocycles. The molecule has 3 amide bonds. The summed E-state index contributed by atoms with van der Waals surface area (Å²) in [6, 6.07) is 17.1. The molecule has 14 heteroatoms. The third-order valence-corrected chi connectivity index (χ3v) is 12.7. The summed E-state index contributed by atoms with van der Waals surface area (Å²) in [5.74, 6) is 1.29. The fourth-order valence-electron chi connectivity index (χ4n) is 7.60. The van der Waals surface area contributed by atoms with Crippen LogP contribution in [0.15, 0.2) is 77.8 Å². The van der Waals surface area contributed by atoms with Crippen molar-refractivity contribution in [3.8, 4) is 33.6 Å². The van der Waals surface area contributed by atoms with E-state index >= 15 is 0 Å². The molecular formula is C41H43N7O5S2. The van der Waals surface area contributed by atoms with E-state index < -0.39 is 12.1 Å². The molecule has 3 N–H and O–H groups in total. The Hall–Kier alpha value is -5.47. The first-order valence-electron chi connectivity index (χ1n) is 18.6. The van der Waals surface area contributed by atoms with Gasteiger partial charge in [-0.2, -0.15) is 0 Å². The number of carbonyl (C=O) groups is 3. The number of ether oxygens (including phenoxy) is 2. The molecule has 2 saturated heterocycles. The number of nitrogens with zero attached hydrogens (tertiary/aromatic N) is 4. The van der Waals surface area contributed by atoms with Crippen molar-refractivity contribution in [3.05, 3.63) is 95.0 Å². The zero-order chi connectivity index (χ0) is 38.1. The molecule has 55 heavy (non-hydrogen) atoms. The molecule has 0 spiro atoms. The van der Waals surface area contributed by atoms with E-state index in [4.69, 9.17) is 19.4 Å². The summed E-state index contributed by atoms with van der Waals surface area (Å²) in [6.07, 6.45) is 6.14. The first-order valence-corrected chi connectivity index (χ1v) is 20.4. The highest BCUT2D eigenvalue weighted by Crippen LogP contribution is 2.44. The predicted molar refractivity (Wildman–Crippen MR) is 213 cm³/mol. The highest BCUT2D eigenvalue weighted by Gasteiger charge is 2.38. The van der Waals surface area contributed by atoms with Crippen LogP contribution in [0.25, 0.3) is 43.0 Å². The number of hydrogen-bond donors (Lipinski definition) is 3. The van der Waals surface area contributed by atoms with Gasteiger partial charge >= 0.3 is 12.2 Å². The Morgan fingerprint density at radius 1 is 0.818 bits per heavy atom. The van der Waals surface area contributed by atoms with E-state index in [1.165, 1.54) is 22.1 Å². The summed E-state index contributed by atoms with van der Waals surface area (Å²) < 4.78 is 12.8. The summed E-state index contributed by atoms with van der Waals surface area (Å²) in [7, 11) is 1.30. The number of amides is 3. The van der Waals surface area contributed by atoms with Gasteiger partial charge in [-0.1, -0.05) is 68.4 Å². The van der Waals surface area contributed by atoms with E-state index in [0.717, 1.165) is 71.0 Å². The predicted octanol–water partition coefficient (Wildman–Crippen LogP) is 8.93. The summed E-state index contributed by atoms with van der Waals surface area (Å²) in [5.41, 5.74) is 7.18. The normalized spacial score (nSPS) is 17.6. The van der Waals surface area contributed by atoms with E-state index in [9.17, 15) is 14.4 Å². The van der Waals surface area contributed by atoms with Crippen molar-refractivity contribution in [2.75, 3.05) is 20.2 Å². The Labute approximate surface area is 326 Å². The van der Waals surface area contributed by atoms with E-state index in [0.29, 0.717) is 13.1 Å². The van der Waals surface area contributed by atoms with Crippen LogP contribution in [-0.2, 0) is 20.9 Å². The molecule has 2 aromatic carbocycles. The number of imidazole rings is 2. The molecule has 0 radical (unpaired) electrons. The summed E-state index contributed by atoms with van der Waals surface area (Å²) in [5, 5.41) is 7.09. The molecule has 0 bridgehead atoms. The Balaban J connectivity index is 0.946. The smallest absolute Gasteiger partial charge is 0.410 e. The molecular weight excluding hydrogens is 735 g/mol. The lowest BCUT2D eigenvalue weighted by molar-refractivity contribution is -0.135. The number of rotatable bonds is 10. The fourth-order valence-corrected chi connectivity index (χ4v) is 10.0. The lowest BCUT2D eigenvalue weighted by Crippen LogP contribution is -2.51. The van der Waals surface area contributed by atoms with Crippen molar-refractivity contribution in [1.29, 1.82) is 0 Å². The minimum Gasteiger partial charge on any atom is -0.453 e. The number of thiophene rings is 2. The van der Waals surface area contributed by atoms with E-state index in [1.807, 2.05) is 61.5 Å². The van der Waals surface area contributed by atoms with Crippen LogP contribution in [0, 0.1) is 5.92 Å². The molecule has 2 aliphatic heterocycles. The van der Waals surface area contributed by atoms with Crippen LogP contribution in [-0.4, -0.2) is 74.1 Å². The van der Waals surface area contributed by atoms with Gasteiger partial charge < -0.3 is 29.7 Å². The van der Waals surface area contributed by atoms with Crippen LogP contribution in [0.4, 0.5) is 9.59 Å². The molecule has 0 aliphatic carbocycles. The highest BCUT2D eigenvalue weighted by molar-refractivity contribution is 7.27. The lowest BCUT2D eigenvalue weighted by atomic mass is 10.0. The number of aromatic nitrogens is 4. The third kappa shape index (κ3) is 7.35. The zero-order valence-corrected chi connectivity index (χ0v) is 32.5. The van der Waals surface area contributed by atoms with Gasteiger partial charge in [-0.3, -0.25) is 9.69 Å². The Kier molecular flexibility index (Phi) is 10.4. The topological polar surface area (TPSA) is 146 Å². The summed E-state index contributed by atoms with van der Waals surface area (Å²) in [4.78, 5) is 58.6. The van der Waals surface area contributed by atoms with Crippen LogP contribution in [0.3, 0.4) is 0 Å². The average Bonchev–Trinajstić information content (AvgIpc) is 4.05. The number of alkyl carbamates (subject to hydrolysis) is 1. The summed E-state index contributed by atoms with van der Waals surface area (Å²) >= 11 is 3.43. The molecule has 8 rings (SSSR count). The van der Waals surface area contributed by atoms with Crippen LogP contribution >= 0.6 is 22.7 Å². The monoisotopic (exact) mass is 777 g/mol. The van der Waals surface area contributed by atoms with Crippen molar-refractivity contribution in [2.45, 2.75) is 64.3 Å². The fraction of sp³-hybridized carbons (Fsp3) is 0.341. The molecule has 2 unspecified atom stereocenters. The largest absolute Gasteiger partial charge is 0.453 e. The third-order valence-electron chi connectivity index (χ3n) is 10.5. The van der Waals surface area contributed by atoms with Gasteiger partial charge in [0.15, 0.2) is 0 Å². The van der Waals surface area contributed by atoms with Crippen molar-refractivity contribution >= 4 is 50.2 Å². The minimum absolute atomic E-state index is 0.0974. The second-order valence-corrected chi connectivity index (χ2v) is 16.1. The van der Waals surface area contributed by atoms with E-state index in [1.54, 1.807) is 27.6 Å². The van der Waals surface area contributed by atoms with Gasteiger partial charge in [0, 0.05) is 35.0 Å². The van der Waals surface area contributed by atoms with Gasteiger partial charge in [-0.15, -0.1) is 22.7 Å². The summed E-state index contributed by atoms with van der Waals surface area (Å²) in [6.45, 7) is 5.31. The van der Waals surface area contributed by atoms with Gasteiger partial charge in [-0.25, -0.2) is 19.6 Å². The number of carbonyl (C=O) groups excluding carboxylic acids is 3. The number of benzene rings is 2. The molecule has 3 atom stereocenters. The molecule has 4 aromatic heterocycles. The maximum atomic E-state index is 13.6. The molecule has 2 aliphatic rings. The standard InChI is InChI=1S/C41H43N7O5S2/c1-24(2)34(46-40(50)52-3)39(49)47-17-7-11-32(47)37-42-19-30(44-37)27-15-13-26(14-16-27)28-22-54-36-29(23-55-35(28)36)31-20-43-38(45-31)33-12-8-18-48(33)41(51)53-21-25-9-5-4-6-10-25/h4-6,9-10,13-16,19-20,22-24,32-34H,7-8,11-12,17-18,21H2,1-3H3,(H,42,44)(H,43,45)(H,46,50)/t32?,33?,34-/m0/s1. The van der Waals surface area contributed by atoms with Gasteiger partial charge in [0.2, 0.25) is 5.91 Å². The number of aromatic amines is 2. The first-order chi connectivity index (χ1) is 26.8. The molecule has 6 heterocycles. The molecule has 284 valence electrons. The van der Waals surface area contributed by atoms with Crippen molar-refractivity contribution in [3.63, 3.8) is 0 Å². The van der Waals surface area contributed by atoms with Crippen LogP contribution in [0.1, 0.15) is 68.8 Å². The second-order valence-electron chi connectivity index (χ2n) is 14.3. The number of nitrogens with one attached hydrogen (secondary N) is 3. The SMILES string of the molecule is COC(=O)N[C@H](C(=O)N1CCCC1c1ncc(-c2ccc(-c3csc4c(-c5cnc(C6CCCN6C(=O)OCc6ccccc6)[nH]5)csc34)cc2)[nH]1)C(C)C. The minimum atomic E-state index is -0.680. The van der Waals surface area contributed by atoms with Gasteiger partial charge in [-0.05, 0) is 48.3 Å². The van der Waals surface area contributed by atoms with Gasteiger partial charge in [0.1, 0.15) is 24.3 Å². The quantitative estimate of drug-likeness (QED) is 0.126. The van der Waals surface area contributed by atoms with Crippen molar-refractivity contribution < 1.29 is 23.9 Å². The Morgan fingerprint density at radius 3 is 2.11 bits per heavy atom. The number of methoxy groups -OCH3 is 1. The van der Waals surface area contributed by atoms with Crippen molar-refractivity contribution in [2.24, 2.45) is 5.92 Å². The van der Waals surface area contributed by atoms with Crippen LogP contribution in [0.5, 0.6) is 0 Å². The van der Waals surface area contributed by atoms with E-state index in [2.05, 4.69) is 50.3 Å². The number of H-pyrrole nitrogens is 2. The lowest BCUT2D eigenvalue weighted by Gasteiger charge is -2.30. The first kappa shape index (κ1) is 36.5. The van der Waals surface area contributed by atoms with Crippen LogP contribution in [0.2, 0.25) is 0 Å². The van der Waals surface area contributed by atoms with Gasteiger partial charge in [0.05, 0.1) is 52.4 Å². The molecule has 2 fully saturated rings. The molecule has 6 aromatic rings. The highest BCUT2D eigenvalue weighted by atomic mass is 32.1. The maximum absolute atomic E-state index is 13.6. The number of hydrogen-bond acceptors (Lipinski definition) is 9. The van der Waals surface area contributed by atoms with Crippen molar-refractivity contribution in [1.82, 2.24) is 35.1 Å². The zero-order valence-electron chi connectivity index (χ0n) is 30.9. The molecule has 12 nitrogen and oxygen atoms in total. The second kappa shape index (κ2) is 15.7. The number of likely N-dealkylation sites (tertiary alicyclic amines) is 2. The Bertz CT molecular complexity index is 2290. The van der Waals surface area contributed by atoms with E-state index in [-0.39, 0.29) is 36.6 Å². The van der Waals surface area contributed by atoms with Crippen LogP contribution < -0.4 is 5.32 Å². The Morgan fingerprint density at radius 2 is 1.42 bits per heavy atom.